The van der Waals surface area contributed by atoms with Gasteiger partial charge < -0.3 is 4.57 Å². The largest absolute Gasteiger partial charge is 0.332 e. The Morgan fingerprint density at radius 2 is 1.58 bits per heavy atom. The minimum absolute atomic E-state index is 0.857. The Kier molecular flexibility index (Phi) is 3.09. The molecule has 0 fully saturated rings. The molecule has 0 bridgehead atoms. The molecule has 1 aromatic heterocycles. The molecule has 12 heavy (non-hydrogen) atoms. The monoisotopic (exact) mass is 195 g/mol. The third kappa shape index (κ3) is 1.76. The molecule has 3 nitrogen and oxygen atoms in total. The van der Waals surface area contributed by atoms with E-state index in [1.165, 1.54) is 0 Å². The van der Waals surface area contributed by atoms with E-state index in [4.69, 9.17) is 10.5 Å². The predicted octanol–water partition coefficient (Wildman–Crippen LogP) is 2.17. The van der Waals surface area contributed by atoms with Crippen LogP contribution in [0.1, 0.15) is 0 Å². The Morgan fingerprint density at radius 3 is 1.92 bits per heavy atom. The standard InChI is InChI=1S/C7H5N3S2/c1-10-6(11-4-8)2-3-7(10)12-5-9/h2-3H,1H3. The quantitative estimate of drug-likeness (QED) is 0.536. The Labute approximate surface area is 79.0 Å². The van der Waals surface area contributed by atoms with Gasteiger partial charge in [-0.3, -0.25) is 0 Å². The number of thiocyanates is 2. The smallest absolute Gasteiger partial charge is 0.140 e. The van der Waals surface area contributed by atoms with Crippen molar-refractivity contribution < 1.29 is 0 Å². The molecule has 0 radical (unpaired) electrons. The first-order valence-electron chi connectivity index (χ1n) is 3.07. The van der Waals surface area contributed by atoms with Crippen LogP contribution in [0.3, 0.4) is 0 Å². The minimum Gasteiger partial charge on any atom is -0.332 e. The molecule has 1 aromatic rings. The minimum atomic E-state index is 0.857. The van der Waals surface area contributed by atoms with Crippen LogP contribution in [-0.4, -0.2) is 4.57 Å². The first-order valence-corrected chi connectivity index (χ1v) is 4.70. The second-order valence-corrected chi connectivity index (χ2v) is 3.57. The van der Waals surface area contributed by atoms with Gasteiger partial charge in [-0.05, 0) is 12.1 Å². The summed E-state index contributed by atoms with van der Waals surface area (Å²) in [5.74, 6) is 0. The van der Waals surface area contributed by atoms with Gasteiger partial charge in [-0.25, -0.2) is 0 Å². The average molecular weight is 195 g/mol. The van der Waals surface area contributed by atoms with E-state index in [9.17, 15) is 0 Å². The summed E-state index contributed by atoms with van der Waals surface area (Å²) in [6.07, 6.45) is 0. The molecule has 1 heterocycles. The van der Waals surface area contributed by atoms with Gasteiger partial charge in [0.2, 0.25) is 0 Å². The van der Waals surface area contributed by atoms with Crippen molar-refractivity contribution in [2.24, 2.45) is 7.05 Å². The summed E-state index contributed by atoms with van der Waals surface area (Å²) in [5.41, 5.74) is 0. The fraction of sp³-hybridized carbons (Fsp3) is 0.143. The van der Waals surface area contributed by atoms with E-state index in [1.54, 1.807) is 0 Å². The van der Waals surface area contributed by atoms with E-state index >= 15 is 0 Å². The number of rotatable bonds is 2. The Balaban J connectivity index is 2.92. The molecular formula is C7H5N3S2. The van der Waals surface area contributed by atoms with Gasteiger partial charge in [0.15, 0.2) is 0 Å². The Morgan fingerprint density at radius 1 is 1.17 bits per heavy atom. The summed E-state index contributed by atoms with van der Waals surface area (Å²) in [5, 5.41) is 22.5. The SMILES string of the molecule is Cn1c(SC#N)ccc1SC#N. The predicted molar refractivity (Wildman–Crippen MR) is 48.4 cm³/mol. The van der Waals surface area contributed by atoms with Crippen molar-refractivity contribution >= 4 is 23.5 Å². The maximum absolute atomic E-state index is 8.41. The lowest BCUT2D eigenvalue weighted by Gasteiger charge is -1.98. The molecule has 0 amide bonds. The molecule has 5 heteroatoms. The number of thioether (sulfide) groups is 2. The van der Waals surface area contributed by atoms with Crippen LogP contribution in [0.2, 0.25) is 0 Å². The number of nitriles is 2. The van der Waals surface area contributed by atoms with E-state index in [0.717, 1.165) is 33.6 Å². The summed E-state index contributed by atoms with van der Waals surface area (Å²) < 4.78 is 1.82. The lowest BCUT2D eigenvalue weighted by Crippen LogP contribution is -1.89. The summed E-state index contributed by atoms with van der Waals surface area (Å²) in [6, 6.07) is 3.65. The number of hydrogen-bond donors (Lipinski definition) is 0. The van der Waals surface area contributed by atoms with Crippen LogP contribution in [0.4, 0.5) is 0 Å². The lowest BCUT2D eigenvalue weighted by molar-refractivity contribution is 0.752. The molecule has 0 saturated heterocycles. The summed E-state index contributed by atoms with van der Waals surface area (Å²) >= 11 is 2.19. The highest BCUT2D eigenvalue weighted by atomic mass is 32.2. The van der Waals surface area contributed by atoms with Crippen molar-refractivity contribution in [2.45, 2.75) is 10.1 Å². The van der Waals surface area contributed by atoms with Crippen molar-refractivity contribution in [3.63, 3.8) is 0 Å². The van der Waals surface area contributed by atoms with Gasteiger partial charge in [0.25, 0.3) is 0 Å². The van der Waals surface area contributed by atoms with Crippen molar-refractivity contribution in [2.75, 3.05) is 0 Å². The van der Waals surface area contributed by atoms with Gasteiger partial charge in [0.05, 0.1) is 10.1 Å². The van der Waals surface area contributed by atoms with Crippen LogP contribution < -0.4 is 0 Å². The van der Waals surface area contributed by atoms with E-state index in [-0.39, 0.29) is 0 Å². The zero-order valence-electron chi connectivity index (χ0n) is 6.31. The molecule has 0 atom stereocenters. The van der Waals surface area contributed by atoms with Crippen molar-refractivity contribution in [1.29, 1.82) is 10.5 Å². The van der Waals surface area contributed by atoms with Crippen molar-refractivity contribution in [3.8, 4) is 10.8 Å². The van der Waals surface area contributed by atoms with Crippen LogP contribution in [0, 0.1) is 21.3 Å². The second kappa shape index (κ2) is 4.10. The van der Waals surface area contributed by atoms with Crippen LogP contribution >= 0.6 is 23.5 Å². The number of nitrogens with zero attached hydrogens (tertiary/aromatic N) is 3. The van der Waals surface area contributed by atoms with Gasteiger partial charge >= 0.3 is 0 Å². The molecule has 60 valence electrons. The second-order valence-electron chi connectivity index (χ2n) is 1.96. The molecular weight excluding hydrogens is 190 g/mol. The van der Waals surface area contributed by atoms with Gasteiger partial charge in [-0.2, -0.15) is 10.5 Å². The molecule has 1 rings (SSSR count). The highest BCUT2D eigenvalue weighted by molar-refractivity contribution is 8.04. The molecule has 0 saturated carbocycles. The third-order valence-electron chi connectivity index (χ3n) is 1.33. The first-order chi connectivity index (χ1) is 5.79. The topological polar surface area (TPSA) is 52.5 Å². The van der Waals surface area contributed by atoms with Gasteiger partial charge in [0, 0.05) is 30.6 Å². The van der Waals surface area contributed by atoms with E-state index in [0.29, 0.717) is 0 Å². The first kappa shape index (κ1) is 9.05. The van der Waals surface area contributed by atoms with Gasteiger partial charge in [0.1, 0.15) is 10.8 Å². The summed E-state index contributed by atoms with van der Waals surface area (Å²) in [4.78, 5) is 0. The lowest BCUT2D eigenvalue weighted by atomic mass is 10.7. The zero-order valence-corrected chi connectivity index (χ0v) is 7.95. The van der Waals surface area contributed by atoms with E-state index in [1.807, 2.05) is 34.6 Å². The molecule has 0 N–H and O–H groups in total. The van der Waals surface area contributed by atoms with E-state index in [2.05, 4.69) is 0 Å². The average Bonchev–Trinajstić information content (AvgIpc) is 2.38. The fourth-order valence-electron chi connectivity index (χ4n) is 0.773. The Bertz CT molecular complexity index is 322. The van der Waals surface area contributed by atoms with Crippen LogP contribution in [0.25, 0.3) is 0 Å². The Hall–Kier alpha value is -1.04. The summed E-state index contributed by atoms with van der Waals surface area (Å²) in [6.45, 7) is 0. The number of hydrogen-bond acceptors (Lipinski definition) is 4. The third-order valence-corrected chi connectivity index (χ3v) is 2.75. The molecule has 0 aliphatic carbocycles. The van der Waals surface area contributed by atoms with Gasteiger partial charge in [-0.15, -0.1) is 0 Å². The zero-order chi connectivity index (χ0) is 8.97. The maximum Gasteiger partial charge on any atom is 0.140 e. The maximum atomic E-state index is 8.41. The molecule has 0 aliphatic rings. The highest BCUT2D eigenvalue weighted by Crippen LogP contribution is 2.25. The normalized spacial score (nSPS) is 8.92. The number of aromatic nitrogens is 1. The van der Waals surface area contributed by atoms with E-state index < -0.39 is 0 Å². The van der Waals surface area contributed by atoms with Crippen LogP contribution in [0.5, 0.6) is 0 Å². The molecule has 0 aliphatic heterocycles. The molecule has 0 unspecified atom stereocenters. The van der Waals surface area contributed by atoms with Crippen LogP contribution in [-0.2, 0) is 7.05 Å². The van der Waals surface area contributed by atoms with Crippen molar-refractivity contribution in [1.82, 2.24) is 4.57 Å². The van der Waals surface area contributed by atoms with Gasteiger partial charge in [-0.1, -0.05) is 0 Å². The molecule has 0 spiro atoms. The van der Waals surface area contributed by atoms with Crippen molar-refractivity contribution in [3.05, 3.63) is 12.1 Å². The molecule has 0 aromatic carbocycles. The highest BCUT2D eigenvalue weighted by Gasteiger charge is 2.04. The summed E-state index contributed by atoms with van der Waals surface area (Å²) in [7, 11) is 1.83. The van der Waals surface area contributed by atoms with Crippen LogP contribution in [0.15, 0.2) is 22.2 Å². The fourth-order valence-corrected chi connectivity index (χ4v) is 1.76.